The van der Waals surface area contributed by atoms with E-state index in [2.05, 4.69) is 10.6 Å². The smallest absolute Gasteiger partial charge is 0.326 e. The van der Waals surface area contributed by atoms with Gasteiger partial charge in [-0.25, -0.2) is 4.79 Å². The van der Waals surface area contributed by atoms with Crippen molar-refractivity contribution in [2.75, 3.05) is 13.2 Å². The first kappa shape index (κ1) is 24.8. The predicted molar refractivity (Wildman–Crippen MR) is 102 cm³/mol. The van der Waals surface area contributed by atoms with Crippen LogP contribution in [-0.2, 0) is 19.2 Å². The lowest BCUT2D eigenvalue weighted by Crippen LogP contribution is -2.61. The summed E-state index contributed by atoms with van der Waals surface area (Å²) in [6, 6.07) is -4.70. The van der Waals surface area contributed by atoms with Gasteiger partial charge in [-0.2, -0.15) is 0 Å². The molecule has 0 aliphatic carbocycles. The largest absolute Gasteiger partial charge is 0.480 e. The number of carbonyl (C=O) groups excluding carboxylic acids is 3. The molecule has 6 unspecified atom stereocenters. The van der Waals surface area contributed by atoms with E-state index >= 15 is 0 Å². The Kier molecular flexibility index (Phi) is 9.47. The van der Waals surface area contributed by atoms with Gasteiger partial charge in [-0.1, -0.05) is 20.3 Å². The second kappa shape index (κ2) is 11.1. The molecular weight excluding hydrogens is 384 g/mol. The number of carboxylic acids is 1. The van der Waals surface area contributed by atoms with Crippen LogP contribution in [0.15, 0.2) is 0 Å². The molecule has 1 heterocycles. The lowest BCUT2D eigenvalue weighted by Gasteiger charge is -2.29. The molecule has 0 bridgehead atoms. The average Bonchev–Trinajstić information content (AvgIpc) is 3.17. The summed E-state index contributed by atoms with van der Waals surface area (Å²) in [5, 5.41) is 33.3. The van der Waals surface area contributed by atoms with Gasteiger partial charge in [0, 0.05) is 6.54 Å². The quantitative estimate of drug-likeness (QED) is 0.231. The van der Waals surface area contributed by atoms with Crippen LogP contribution in [0.5, 0.6) is 0 Å². The van der Waals surface area contributed by atoms with Crippen molar-refractivity contribution in [2.45, 2.75) is 70.3 Å². The molecule has 29 heavy (non-hydrogen) atoms. The molecule has 1 fully saturated rings. The highest BCUT2D eigenvalue weighted by molar-refractivity contribution is 5.94. The summed E-state index contributed by atoms with van der Waals surface area (Å²) < 4.78 is 0. The fraction of sp³-hybridized carbons (Fsp3) is 0.778. The molecule has 0 aromatic carbocycles. The zero-order valence-corrected chi connectivity index (χ0v) is 17.0. The van der Waals surface area contributed by atoms with Crippen LogP contribution in [0.4, 0.5) is 0 Å². The number of hydrogen-bond donors (Lipinski definition) is 6. The monoisotopic (exact) mass is 416 g/mol. The minimum Gasteiger partial charge on any atom is -0.480 e. The number of carboxylic acid groups (broad SMARTS) is 1. The van der Waals surface area contributed by atoms with Crippen molar-refractivity contribution in [3.8, 4) is 0 Å². The highest BCUT2D eigenvalue weighted by Crippen LogP contribution is 2.18. The van der Waals surface area contributed by atoms with Gasteiger partial charge >= 0.3 is 5.97 Å². The van der Waals surface area contributed by atoms with E-state index in [1.807, 2.05) is 6.92 Å². The number of aliphatic carboxylic acids is 1. The molecule has 0 spiro atoms. The number of nitrogens with zero attached hydrogens (tertiary/aromatic N) is 1. The first-order valence-electron chi connectivity index (χ1n) is 9.73. The van der Waals surface area contributed by atoms with E-state index in [9.17, 15) is 34.5 Å². The van der Waals surface area contributed by atoms with E-state index in [1.165, 1.54) is 6.92 Å². The van der Waals surface area contributed by atoms with Crippen molar-refractivity contribution in [2.24, 2.45) is 11.7 Å². The molecule has 11 heteroatoms. The Morgan fingerprint density at radius 3 is 2.28 bits per heavy atom. The Balaban J connectivity index is 2.85. The Labute approximate surface area is 169 Å². The van der Waals surface area contributed by atoms with Crippen molar-refractivity contribution in [1.82, 2.24) is 15.5 Å². The van der Waals surface area contributed by atoms with Gasteiger partial charge in [-0.05, 0) is 25.7 Å². The van der Waals surface area contributed by atoms with Crippen LogP contribution >= 0.6 is 0 Å². The van der Waals surface area contributed by atoms with Crippen molar-refractivity contribution >= 4 is 23.7 Å². The normalized spacial score (nSPS) is 21.6. The summed E-state index contributed by atoms with van der Waals surface area (Å²) in [6.45, 7) is 4.35. The van der Waals surface area contributed by atoms with Gasteiger partial charge in [-0.15, -0.1) is 0 Å². The molecule has 1 aliphatic heterocycles. The van der Waals surface area contributed by atoms with E-state index in [0.717, 1.165) is 4.90 Å². The number of aliphatic hydroxyl groups excluding tert-OH is 2. The molecule has 0 aromatic heterocycles. The van der Waals surface area contributed by atoms with Gasteiger partial charge in [-0.3, -0.25) is 14.4 Å². The Hall–Kier alpha value is -2.24. The minimum atomic E-state index is -1.40. The Bertz CT molecular complexity index is 613. The van der Waals surface area contributed by atoms with Gasteiger partial charge < -0.3 is 36.6 Å². The third-order valence-electron chi connectivity index (χ3n) is 5.24. The third-order valence-corrected chi connectivity index (χ3v) is 5.24. The van der Waals surface area contributed by atoms with Crippen LogP contribution in [0.1, 0.15) is 40.0 Å². The van der Waals surface area contributed by atoms with Gasteiger partial charge in [0.2, 0.25) is 17.7 Å². The Morgan fingerprint density at radius 1 is 1.17 bits per heavy atom. The first-order valence-corrected chi connectivity index (χ1v) is 9.73. The van der Waals surface area contributed by atoms with Crippen LogP contribution in [0.3, 0.4) is 0 Å². The van der Waals surface area contributed by atoms with Gasteiger partial charge in [0.05, 0.1) is 18.8 Å². The number of hydrogen-bond acceptors (Lipinski definition) is 7. The van der Waals surface area contributed by atoms with E-state index in [1.54, 1.807) is 6.92 Å². The number of amides is 3. The van der Waals surface area contributed by atoms with Crippen molar-refractivity contribution in [3.63, 3.8) is 0 Å². The van der Waals surface area contributed by atoms with E-state index in [0.29, 0.717) is 12.8 Å². The molecule has 1 saturated heterocycles. The number of aliphatic hydroxyl groups is 2. The van der Waals surface area contributed by atoms with E-state index in [-0.39, 0.29) is 18.9 Å². The predicted octanol–water partition coefficient (Wildman–Crippen LogP) is -2.22. The number of nitrogens with one attached hydrogen (secondary N) is 2. The Morgan fingerprint density at radius 2 is 1.79 bits per heavy atom. The van der Waals surface area contributed by atoms with Crippen LogP contribution in [0.2, 0.25) is 0 Å². The molecule has 6 atom stereocenters. The highest BCUT2D eigenvalue weighted by Gasteiger charge is 2.38. The number of carbonyl (C=O) groups is 4. The number of likely N-dealkylation sites (tertiary alicyclic amines) is 1. The summed E-state index contributed by atoms with van der Waals surface area (Å²) in [7, 11) is 0. The zero-order chi connectivity index (χ0) is 22.3. The van der Waals surface area contributed by atoms with Crippen LogP contribution in [0, 0.1) is 5.92 Å². The number of rotatable bonds is 10. The summed E-state index contributed by atoms with van der Waals surface area (Å²) in [6.07, 6.45) is 0.125. The molecule has 1 rings (SSSR count). The summed E-state index contributed by atoms with van der Waals surface area (Å²) in [5.41, 5.74) is 5.84. The zero-order valence-electron chi connectivity index (χ0n) is 17.0. The lowest BCUT2D eigenvalue weighted by molar-refractivity contribution is -0.150. The van der Waals surface area contributed by atoms with E-state index < -0.39 is 60.6 Å². The third kappa shape index (κ3) is 6.38. The fourth-order valence-electron chi connectivity index (χ4n) is 3.10. The molecule has 0 saturated carbocycles. The topological polar surface area (TPSA) is 182 Å². The minimum absolute atomic E-state index is 0.150. The maximum atomic E-state index is 12.6. The maximum Gasteiger partial charge on any atom is 0.326 e. The summed E-state index contributed by atoms with van der Waals surface area (Å²) in [4.78, 5) is 49.8. The second-order valence-corrected chi connectivity index (χ2v) is 7.41. The summed E-state index contributed by atoms with van der Waals surface area (Å²) >= 11 is 0. The van der Waals surface area contributed by atoms with Gasteiger partial charge in [0.1, 0.15) is 18.1 Å². The first-order chi connectivity index (χ1) is 13.5. The molecule has 166 valence electrons. The average molecular weight is 416 g/mol. The van der Waals surface area contributed by atoms with E-state index in [4.69, 9.17) is 5.73 Å². The molecule has 0 aromatic rings. The molecule has 0 radical (unpaired) electrons. The number of nitrogens with two attached hydrogens (primary N) is 1. The molecular formula is C18H32N4O7. The lowest BCUT2D eigenvalue weighted by atomic mass is 9.98. The maximum absolute atomic E-state index is 12.6. The highest BCUT2D eigenvalue weighted by atomic mass is 16.4. The summed E-state index contributed by atoms with van der Waals surface area (Å²) in [5.74, 6) is -3.56. The fourth-order valence-corrected chi connectivity index (χ4v) is 3.10. The SMILES string of the molecule is CCC(C)C(N)C(=O)NC(C(=O)NC(CO)C(=O)N1CCCC1C(=O)O)C(C)O. The molecule has 1 aliphatic rings. The second-order valence-electron chi connectivity index (χ2n) is 7.41. The molecule has 11 nitrogen and oxygen atoms in total. The molecule has 7 N–H and O–H groups in total. The van der Waals surface area contributed by atoms with Crippen molar-refractivity contribution < 1.29 is 34.5 Å². The van der Waals surface area contributed by atoms with Crippen molar-refractivity contribution in [1.29, 1.82) is 0 Å². The van der Waals surface area contributed by atoms with Crippen LogP contribution in [0.25, 0.3) is 0 Å². The standard InChI is InChI=1S/C18H32N4O7/c1-4-9(2)13(19)15(25)21-14(10(3)24)16(26)20-11(8-23)17(27)22-7-5-6-12(22)18(28)29/h9-14,23-24H,4-8,19H2,1-3H3,(H,20,26)(H,21,25)(H,28,29). The van der Waals surface area contributed by atoms with Crippen LogP contribution in [-0.4, -0.2) is 87.3 Å². The van der Waals surface area contributed by atoms with Crippen LogP contribution < -0.4 is 16.4 Å². The van der Waals surface area contributed by atoms with Gasteiger partial charge in [0.15, 0.2) is 0 Å². The molecule has 3 amide bonds. The van der Waals surface area contributed by atoms with Crippen molar-refractivity contribution in [3.05, 3.63) is 0 Å². The van der Waals surface area contributed by atoms with Gasteiger partial charge in [0.25, 0.3) is 0 Å².